The molecule has 1 N–H and O–H groups in total. The molecule has 4 rings (SSSR count). The zero-order valence-corrected chi connectivity index (χ0v) is 11.3. The van der Waals surface area contributed by atoms with Crippen LogP contribution in [0.3, 0.4) is 0 Å². The van der Waals surface area contributed by atoms with Crippen LogP contribution in [0, 0.1) is 43.4 Å². The van der Waals surface area contributed by atoms with E-state index in [0.717, 1.165) is 23.7 Å². The molecule has 17 heavy (non-hydrogen) atoms. The minimum Gasteiger partial charge on any atom is -0.388 e. The van der Waals surface area contributed by atoms with Gasteiger partial charge < -0.3 is 5.11 Å². The van der Waals surface area contributed by atoms with Crippen LogP contribution >= 0.6 is 11.3 Å². The molecule has 92 valence electrons. The minimum absolute atomic E-state index is 0.168. The van der Waals surface area contributed by atoms with Crippen LogP contribution in [-0.2, 0) is 0 Å². The van der Waals surface area contributed by atoms with Crippen LogP contribution in [-0.4, -0.2) is 5.11 Å². The first-order valence-corrected chi connectivity index (χ1v) is 7.73. The molecular formula is C15H20OS. The molecule has 3 aliphatic carbocycles. The van der Waals surface area contributed by atoms with Gasteiger partial charge in [0.15, 0.2) is 0 Å². The fourth-order valence-electron chi connectivity index (χ4n) is 4.97. The molecule has 0 amide bonds. The van der Waals surface area contributed by atoms with Crippen molar-refractivity contribution in [3.63, 3.8) is 0 Å². The van der Waals surface area contributed by atoms with Crippen LogP contribution < -0.4 is 0 Å². The second kappa shape index (κ2) is 3.36. The number of aliphatic hydroxyl groups excluding tert-OH is 1. The van der Waals surface area contributed by atoms with Gasteiger partial charge in [-0.15, -0.1) is 11.3 Å². The van der Waals surface area contributed by atoms with E-state index in [4.69, 9.17) is 0 Å². The molecule has 0 radical (unpaired) electrons. The van der Waals surface area contributed by atoms with Gasteiger partial charge in [0.25, 0.3) is 0 Å². The molecule has 0 aromatic carbocycles. The molecule has 1 aromatic heterocycles. The Morgan fingerprint density at radius 1 is 1.24 bits per heavy atom. The first kappa shape index (κ1) is 10.6. The van der Waals surface area contributed by atoms with E-state index >= 15 is 0 Å². The number of hydrogen-bond donors (Lipinski definition) is 1. The minimum atomic E-state index is -0.168. The molecule has 2 heteroatoms. The second-order valence-electron chi connectivity index (χ2n) is 6.38. The molecule has 0 saturated heterocycles. The van der Waals surface area contributed by atoms with Crippen molar-refractivity contribution >= 4 is 11.3 Å². The fraction of sp³-hybridized carbons (Fsp3) is 0.733. The van der Waals surface area contributed by atoms with Crippen molar-refractivity contribution in [2.24, 2.45) is 29.6 Å². The van der Waals surface area contributed by atoms with E-state index < -0.39 is 0 Å². The monoisotopic (exact) mass is 248 g/mol. The summed E-state index contributed by atoms with van der Waals surface area (Å²) in [5.41, 5.74) is 1.23. The van der Waals surface area contributed by atoms with Gasteiger partial charge in [0.1, 0.15) is 0 Å². The summed E-state index contributed by atoms with van der Waals surface area (Å²) in [6.07, 6.45) is 4.19. The van der Waals surface area contributed by atoms with Gasteiger partial charge in [-0.25, -0.2) is 0 Å². The highest BCUT2D eigenvalue weighted by molar-refractivity contribution is 7.12. The van der Waals surface area contributed by atoms with Crippen molar-refractivity contribution < 1.29 is 5.11 Å². The van der Waals surface area contributed by atoms with Crippen molar-refractivity contribution in [1.82, 2.24) is 0 Å². The lowest BCUT2D eigenvalue weighted by Crippen LogP contribution is -2.08. The molecular weight excluding hydrogens is 228 g/mol. The van der Waals surface area contributed by atoms with Crippen LogP contribution in [0.2, 0.25) is 0 Å². The van der Waals surface area contributed by atoms with Gasteiger partial charge in [-0.1, -0.05) is 0 Å². The molecule has 1 heterocycles. The normalized spacial score (nSPS) is 43.8. The number of thiophene rings is 1. The molecule has 2 bridgehead atoms. The third-order valence-electron chi connectivity index (χ3n) is 5.56. The number of fused-ring (bicyclic) bond motifs is 5. The number of rotatable bonds is 2. The average Bonchev–Trinajstić information content (AvgIpc) is 2.59. The molecule has 3 aliphatic rings. The first-order chi connectivity index (χ1) is 8.16. The van der Waals surface area contributed by atoms with E-state index in [1.807, 2.05) is 11.3 Å². The molecule has 3 saturated carbocycles. The van der Waals surface area contributed by atoms with Crippen LogP contribution in [0.1, 0.15) is 40.7 Å². The van der Waals surface area contributed by atoms with Crippen molar-refractivity contribution in [1.29, 1.82) is 0 Å². The van der Waals surface area contributed by atoms with Crippen LogP contribution in [0.25, 0.3) is 0 Å². The Bertz CT molecular complexity index is 447. The molecule has 1 nitrogen and oxygen atoms in total. The predicted octanol–water partition coefficient (Wildman–Crippen LogP) is 3.69. The number of aryl methyl sites for hydroxylation is 2. The van der Waals surface area contributed by atoms with Gasteiger partial charge in [0.05, 0.1) is 6.10 Å². The Morgan fingerprint density at radius 2 is 1.88 bits per heavy atom. The molecule has 0 spiro atoms. The molecule has 5 atom stereocenters. The maximum absolute atomic E-state index is 10.6. The summed E-state index contributed by atoms with van der Waals surface area (Å²) in [4.78, 5) is 2.66. The molecule has 3 fully saturated rings. The van der Waals surface area contributed by atoms with Gasteiger partial charge in [-0.2, -0.15) is 0 Å². The van der Waals surface area contributed by atoms with Crippen LogP contribution in [0.5, 0.6) is 0 Å². The molecule has 0 aliphatic heterocycles. The first-order valence-electron chi connectivity index (χ1n) is 6.92. The van der Waals surface area contributed by atoms with E-state index in [-0.39, 0.29) is 6.10 Å². The maximum atomic E-state index is 10.6. The lowest BCUT2D eigenvalue weighted by Gasteiger charge is -2.15. The summed E-state index contributed by atoms with van der Waals surface area (Å²) in [6, 6.07) is 2.21. The van der Waals surface area contributed by atoms with Crippen LogP contribution in [0.15, 0.2) is 6.07 Å². The van der Waals surface area contributed by atoms with Gasteiger partial charge in [-0.3, -0.25) is 0 Å². The van der Waals surface area contributed by atoms with Gasteiger partial charge in [-0.05, 0) is 74.3 Å². The Balaban J connectivity index is 1.59. The zero-order chi connectivity index (χ0) is 11.7. The number of aliphatic hydroxyl groups is 1. The van der Waals surface area contributed by atoms with E-state index in [2.05, 4.69) is 19.9 Å². The zero-order valence-electron chi connectivity index (χ0n) is 10.5. The van der Waals surface area contributed by atoms with Crippen molar-refractivity contribution in [3.05, 3.63) is 21.4 Å². The maximum Gasteiger partial charge on any atom is 0.0834 e. The Kier molecular flexibility index (Phi) is 2.09. The third-order valence-corrected chi connectivity index (χ3v) is 6.54. The lowest BCUT2D eigenvalue weighted by molar-refractivity contribution is 0.130. The predicted molar refractivity (Wildman–Crippen MR) is 70.1 cm³/mol. The average molecular weight is 248 g/mol. The highest BCUT2D eigenvalue weighted by Crippen LogP contribution is 2.72. The molecule has 5 unspecified atom stereocenters. The smallest absolute Gasteiger partial charge is 0.0834 e. The van der Waals surface area contributed by atoms with E-state index in [1.54, 1.807) is 0 Å². The van der Waals surface area contributed by atoms with E-state index in [0.29, 0.717) is 5.92 Å². The van der Waals surface area contributed by atoms with Gasteiger partial charge >= 0.3 is 0 Å². The highest BCUT2D eigenvalue weighted by Gasteiger charge is 2.66. The standard InChI is InChI=1S/C15H20OS/c1-7-5-11(8(2)17-7)15(16)14-12-9-3-4-10(6-9)13(12)14/h5,9-10,12-16H,3-4,6H2,1-2H3. The third kappa shape index (κ3) is 1.34. The van der Waals surface area contributed by atoms with Gasteiger partial charge in [0, 0.05) is 9.75 Å². The summed E-state index contributed by atoms with van der Waals surface area (Å²) in [5.74, 6) is 4.29. The van der Waals surface area contributed by atoms with Crippen molar-refractivity contribution in [3.8, 4) is 0 Å². The Hall–Kier alpha value is -0.340. The second-order valence-corrected chi connectivity index (χ2v) is 7.84. The summed E-state index contributed by atoms with van der Waals surface area (Å²) in [5, 5.41) is 10.6. The molecule has 1 aromatic rings. The Labute approximate surface area is 107 Å². The Morgan fingerprint density at radius 3 is 2.41 bits per heavy atom. The quantitative estimate of drug-likeness (QED) is 0.846. The van der Waals surface area contributed by atoms with Crippen molar-refractivity contribution in [2.75, 3.05) is 0 Å². The number of hydrogen-bond acceptors (Lipinski definition) is 2. The SMILES string of the molecule is Cc1cc(C(O)C2C3C4CCC(C4)C32)c(C)s1. The van der Waals surface area contributed by atoms with E-state index in [1.165, 1.54) is 34.6 Å². The van der Waals surface area contributed by atoms with Crippen molar-refractivity contribution in [2.45, 2.75) is 39.2 Å². The summed E-state index contributed by atoms with van der Waals surface area (Å²) in [6.45, 7) is 4.30. The topological polar surface area (TPSA) is 20.2 Å². The van der Waals surface area contributed by atoms with Gasteiger partial charge in [0.2, 0.25) is 0 Å². The summed E-state index contributed by atoms with van der Waals surface area (Å²) >= 11 is 1.83. The lowest BCUT2D eigenvalue weighted by atomic mass is 9.95. The van der Waals surface area contributed by atoms with E-state index in [9.17, 15) is 5.11 Å². The largest absolute Gasteiger partial charge is 0.388 e. The van der Waals surface area contributed by atoms with Crippen LogP contribution in [0.4, 0.5) is 0 Å². The fourth-order valence-corrected chi connectivity index (χ4v) is 5.93. The summed E-state index contributed by atoms with van der Waals surface area (Å²) < 4.78 is 0. The highest BCUT2D eigenvalue weighted by atomic mass is 32.1. The summed E-state index contributed by atoms with van der Waals surface area (Å²) in [7, 11) is 0.